The molecule has 0 saturated carbocycles. The number of anilines is 1. The predicted molar refractivity (Wildman–Crippen MR) is 66.6 cm³/mol. The second-order valence-corrected chi connectivity index (χ2v) is 4.75. The minimum absolute atomic E-state index is 0.145. The summed E-state index contributed by atoms with van der Waals surface area (Å²) in [6, 6.07) is 3.37. The van der Waals surface area contributed by atoms with Crippen LogP contribution in [0, 0.1) is 10.1 Å². The average molecular weight is 271 g/mol. The lowest BCUT2D eigenvalue weighted by Gasteiger charge is -2.03. The Kier molecular flexibility index (Phi) is 3.21. The molecule has 0 aliphatic rings. The van der Waals surface area contributed by atoms with Gasteiger partial charge in [-0.05, 0) is 12.1 Å². The maximum absolute atomic E-state index is 11.0. The van der Waals surface area contributed by atoms with Gasteiger partial charge in [-0.2, -0.15) is 0 Å². The molecule has 88 valence electrons. The van der Waals surface area contributed by atoms with E-state index in [9.17, 15) is 10.1 Å². The minimum atomic E-state index is -0.505. The molecule has 6 nitrogen and oxygen atoms in total. The van der Waals surface area contributed by atoms with Gasteiger partial charge in [-0.25, -0.2) is 9.97 Å². The van der Waals surface area contributed by atoms with Crippen LogP contribution in [0.15, 0.2) is 18.5 Å². The van der Waals surface area contributed by atoms with Gasteiger partial charge in [-0.15, -0.1) is 11.3 Å². The molecule has 0 aliphatic heterocycles. The second kappa shape index (κ2) is 4.64. The highest BCUT2D eigenvalue weighted by Crippen LogP contribution is 2.37. The monoisotopic (exact) mass is 270 g/mol. The van der Waals surface area contributed by atoms with Gasteiger partial charge in [-0.1, -0.05) is 11.6 Å². The highest BCUT2D eigenvalue weighted by atomic mass is 35.5. The fourth-order valence-electron chi connectivity index (χ4n) is 1.36. The Morgan fingerprint density at radius 1 is 1.47 bits per heavy atom. The molecule has 0 aliphatic carbocycles. The molecule has 0 fully saturated rings. The van der Waals surface area contributed by atoms with Gasteiger partial charge >= 0.3 is 5.69 Å². The van der Waals surface area contributed by atoms with Crippen LogP contribution in [0.5, 0.6) is 0 Å². The zero-order chi connectivity index (χ0) is 12.4. The first-order valence-corrected chi connectivity index (χ1v) is 5.75. The summed E-state index contributed by atoms with van der Waals surface area (Å²) in [5.41, 5.74) is 0.125. The molecule has 2 aromatic heterocycles. The van der Waals surface area contributed by atoms with E-state index in [-0.39, 0.29) is 17.2 Å². The Balaban J connectivity index is 2.65. The van der Waals surface area contributed by atoms with Crippen LogP contribution < -0.4 is 5.32 Å². The van der Waals surface area contributed by atoms with Crippen LogP contribution in [-0.4, -0.2) is 21.9 Å². The van der Waals surface area contributed by atoms with E-state index in [4.69, 9.17) is 11.6 Å². The Labute approximate surface area is 105 Å². The number of hydrogen-bond acceptors (Lipinski definition) is 6. The average Bonchev–Trinajstić information content (AvgIpc) is 2.74. The molecule has 1 N–H and O–H groups in total. The Morgan fingerprint density at radius 3 is 2.76 bits per heavy atom. The van der Waals surface area contributed by atoms with Gasteiger partial charge in [0.25, 0.3) is 0 Å². The molecule has 0 unspecified atom stereocenters. The fraction of sp³-hybridized carbons (Fsp3) is 0.111. The van der Waals surface area contributed by atoms with E-state index in [1.807, 2.05) is 0 Å². The van der Waals surface area contributed by atoms with E-state index < -0.39 is 4.92 Å². The van der Waals surface area contributed by atoms with E-state index in [1.54, 1.807) is 19.2 Å². The molecule has 2 rings (SSSR count). The summed E-state index contributed by atoms with van der Waals surface area (Å²) in [6.07, 6.45) is 1.28. The molecule has 0 saturated heterocycles. The molecule has 0 aromatic carbocycles. The second-order valence-electron chi connectivity index (χ2n) is 3.03. The number of nitrogens with one attached hydrogen (secondary N) is 1. The van der Waals surface area contributed by atoms with Crippen LogP contribution in [0.1, 0.15) is 0 Å². The van der Waals surface area contributed by atoms with Crippen molar-refractivity contribution in [1.29, 1.82) is 0 Å². The topological polar surface area (TPSA) is 81.0 Å². The lowest BCUT2D eigenvalue weighted by Crippen LogP contribution is -2.02. The summed E-state index contributed by atoms with van der Waals surface area (Å²) in [6.45, 7) is 0. The van der Waals surface area contributed by atoms with E-state index >= 15 is 0 Å². The Bertz CT molecular complexity index is 572. The number of nitrogens with zero attached hydrogens (tertiary/aromatic N) is 3. The fourth-order valence-corrected chi connectivity index (χ4v) is 2.40. The van der Waals surface area contributed by atoms with Gasteiger partial charge in [-0.3, -0.25) is 10.1 Å². The molecular weight excluding hydrogens is 264 g/mol. The largest absolute Gasteiger partial charge is 0.367 e. The third kappa shape index (κ3) is 2.20. The van der Waals surface area contributed by atoms with Gasteiger partial charge in [0.05, 0.1) is 14.1 Å². The van der Waals surface area contributed by atoms with Gasteiger partial charge in [0, 0.05) is 7.05 Å². The minimum Gasteiger partial charge on any atom is -0.367 e. The number of hydrogen-bond donors (Lipinski definition) is 1. The predicted octanol–water partition coefficient (Wildman–Crippen LogP) is 2.81. The number of rotatable bonds is 3. The lowest BCUT2D eigenvalue weighted by atomic mass is 10.3. The maximum Gasteiger partial charge on any atom is 0.338 e. The summed E-state index contributed by atoms with van der Waals surface area (Å²) in [7, 11) is 1.57. The molecular formula is C9H7ClN4O2S. The van der Waals surface area contributed by atoms with Gasteiger partial charge < -0.3 is 5.32 Å². The summed E-state index contributed by atoms with van der Waals surface area (Å²) >= 11 is 7.04. The van der Waals surface area contributed by atoms with Gasteiger partial charge in [0.2, 0.25) is 5.82 Å². The molecule has 0 spiro atoms. The van der Waals surface area contributed by atoms with Gasteiger partial charge in [0.15, 0.2) is 5.69 Å². The number of aromatic nitrogens is 2. The van der Waals surface area contributed by atoms with Crippen LogP contribution in [0.3, 0.4) is 0 Å². The molecule has 0 bridgehead atoms. The zero-order valence-electron chi connectivity index (χ0n) is 8.68. The first-order chi connectivity index (χ1) is 8.13. The Morgan fingerprint density at radius 2 is 2.24 bits per heavy atom. The zero-order valence-corrected chi connectivity index (χ0v) is 10.2. The van der Waals surface area contributed by atoms with E-state index in [1.165, 1.54) is 17.7 Å². The van der Waals surface area contributed by atoms with Crippen LogP contribution in [0.4, 0.5) is 11.5 Å². The molecule has 17 heavy (non-hydrogen) atoms. The van der Waals surface area contributed by atoms with Crippen molar-refractivity contribution in [1.82, 2.24) is 9.97 Å². The Hall–Kier alpha value is -1.73. The van der Waals surface area contributed by atoms with Crippen LogP contribution in [0.25, 0.3) is 10.6 Å². The third-order valence-electron chi connectivity index (χ3n) is 2.05. The van der Waals surface area contributed by atoms with Crippen molar-refractivity contribution in [2.45, 2.75) is 0 Å². The summed E-state index contributed by atoms with van der Waals surface area (Å²) < 4.78 is 0.555. The van der Waals surface area contributed by atoms with E-state index in [0.29, 0.717) is 9.21 Å². The summed E-state index contributed by atoms with van der Waals surface area (Å²) in [4.78, 5) is 18.9. The first-order valence-electron chi connectivity index (χ1n) is 4.56. The highest BCUT2D eigenvalue weighted by Gasteiger charge is 2.24. The molecule has 2 heterocycles. The SMILES string of the molecule is CNc1ncnc(-c2ccc(Cl)s2)c1[N+](=O)[O-]. The van der Waals surface area contributed by atoms with Crippen molar-refractivity contribution >= 4 is 34.4 Å². The van der Waals surface area contributed by atoms with E-state index in [0.717, 1.165) is 0 Å². The lowest BCUT2D eigenvalue weighted by molar-refractivity contribution is -0.383. The van der Waals surface area contributed by atoms with Crippen molar-refractivity contribution in [2.75, 3.05) is 12.4 Å². The van der Waals surface area contributed by atoms with Crippen molar-refractivity contribution < 1.29 is 4.92 Å². The number of nitro groups is 1. The van der Waals surface area contributed by atoms with Crippen molar-refractivity contribution in [3.63, 3.8) is 0 Å². The smallest absolute Gasteiger partial charge is 0.338 e. The normalized spacial score (nSPS) is 10.2. The van der Waals surface area contributed by atoms with E-state index in [2.05, 4.69) is 15.3 Å². The first kappa shape index (κ1) is 11.7. The molecule has 2 aromatic rings. The number of thiophene rings is 1. The molecule has 0 amide bonds. The van der Waals surface area contributed by atoms with Crippen molar-refractivity contribution in [2.24, 2.45) is 0 Å². The maximum atomic E-state index is 11.0. The highest BCUT2D eigenvalue weighted by molar-refractivity contribution is 7.19. The summed E-state index contributed by atoms with van der Waals surface area (Å²) in [5.74, 6) is 0.185. The van der Waals surface area contributed by atoms with Crippen LogP contribution in [0.2, 0.25) is 4.34 Å². The van der Waals surface area contributed by atoms with Crippen LogP contribution >= 0.6 is 22.9 Å². The molecule has 8 heteroatoms. The van der Waals surface area contributed by atoms with Gasteiger partial charge in [0.1, 0.15) is 6.33 Å². The molecule has 0 atom stereocenters. The van der Waals surface area contributed by atoms with Crippen LogP contribution in [-0.2, 0) is 0 Å². The molecule has 0 radical (unpaired) electrons. The summed E-state index contributed by atoms with van der Waals surface area (Å²) in [5, 5.41) is 13.7. The van der Waals surface area contributed by atoms with Crippen molar-refractivity contribution in [3.8, 4) is 10.6 Å². The third-order valence-corrected chi connectivity index (χ3v) is 3.29. The quantitative estimate of drug-likeness (QED) is 0.685. The van der Waals surface area contributed by atoms with Crippen molar-refractivity contribution in [3.05, 3.63) is 32.9 Å². The number of halogens is 1. The standard InChI is InChI=1S/C9H7ClN4O2S/c1-11-9-8(14(15)16)7(12-4-13-9)5-2-3-6(10)17-5/h2-4H,1H3,(H,11,12,13).